The summed E-state index contributed by atoms with van der Waals surface area (Å²) in [5.41, 5.74) is 0.234. The fraction of sp³-hybridized carbons (Fsp3) is 0.412. The van der Waals surface area contributed by atoms with Crippen molar-refractivity contribution in [3.05, 3.63) is 40.6 Å². The number of hydrogen-bond acceptors (Lipinski definition) is 6. The minimum Gasteiger partial charge on any atom is -0.376 e. The van der Waals surface area contributed by atoms with Crippen LogP contribution in [0.2, 0.25) is 0 Å². The van der Waals surface area contributed by atoms with Crippen LogP contribution in [0.4, 0.5) is 5.69 Å². The zero-order valence-corrected chi connectivity index (χ0v) is 17.3. The monoisotopic (exact) mass is 401 g/mol. The normalized spacial score (nSPS) is 14.3. The highest BCUT2D eigenvalue weighted by Crippen LogP contribution is 2.39. The molecule has 5 nitrogen and oxygen atoms in total. The number of thiophene rings is 1. The van der Waals surface area contributed by atoms with E-state index in [1.54, 1.807) is 11.3 Å². The van der Waals surface area contributed by atoms with Gasteiger partial charge in [-0.15, -0.1) is 11.3 Å². The smallest absolute Gasteiger partial charge is 0.177 e. The molecule has 2 aromatic rings. The largest absolute Gasteiger partial charge is 0.376 e. The van der Waals surface area contributed by atoms with Gasteiger partial charge in [-0.3, -0.25) is 0 Å². The van der Waals surface area contributed by atoms with Crippen molar-refractivity contribution < 1.29 is 16.8 Å². The Bertz CT molecular complexity index is 954. The van der Waals surface area contributed by atoms with Gasteiger partial charge in [0, 0.05) is 17.4 Å². The van der Waals surface area contributed by atoms with Crippen LogP contribution in [0.3, 0.4) is 0 Å². The van der Waals surface area contributed by atoms with Crippen LogP contribution in [0.5, 0.6) is 0 Å². The van der Waals surface area contributed by atoms with Crippen LogP contribution in [0.1, 0.15) is 31.7 Å². The Kier molecular flexibility index (Phi) is 5.37. The van der Waals surface area contributed by atoms with Crippen molar-refractivity contribution in [2.45, 2.75) is 36.6 Å². The van der Waals surface area contributed by atoms with Crippen LogP contribution in [0.15, 0.2) is 45.5 Å². The van der Waals surface area contributed by atoms with E-state index in [0.717, 1.165) is 17.4 Å². The summed E-state index contributed by atoms with van der Waals surface area (Å²) in [4.78, 5) is 1.06. The molecule has 0 saturated heterocycles. The molecular formula is C17H23NO4S3. The zero-order chi connectivity index (χ0) is 19.0. The highest BCUT2D eigenvalue weighted by Gasteiger charge is 2.29. The molecule has 138 valence electrons. The third-order valence-electron chi connectivity index (χ3n) is 3.77. The summed E-state index contributed by atoms with van der Waals surface area (Å²) >= 11 is 1.59. The molecule has 8 heteroatoms. The van der Waals surface area contributed by atoms with Gasteiger partial charge < -0.3 is 5.32 Å². The maximum absolute atomic E-state index is 12.2. The summed E-state index contributed by atoms with van der Waals surface area (Å²) in [6.07, 6.45) is 2.14. The maximum atomic E-state index is 12.2. The van der Waals surface area contributed by atoms with Crippen molar-refractivity contribution in [2.75, 3.05) is 17.8 Å². The van der Waals surface area contributed by atoms with Crippen molar-refractivity contribution >= 4 is 36.7 Å². The van der Waals surface area contributed by atoms with Crippen molar-refractivity contribution in [1.29, 1.82) is 0 Å². The van der Waals surface area contributed by atoms with Crippen LogP contribution < -0.4 is 5.32 Å². The Morgan fingerprint density at radius 2 is 1.64 bits per heavy atom. The molecule has 1 atom stereocenters. The predicted octanol–water partition coefficient (Wildman–Crippen LogP) is 3.75. The molecule has 0 aliphatic carbocycles. The summed E-state index contributed by atoms with van der Waals surface area (Å²) in [7, 11) is -7.09. The third-order valence-corrected chi connectivity index (χ3v) is 6.96. The molecule has 0 aliphatic heterocycles. The van der Waals surface area contributed by atoms with Crippen molar-refractivity contribution in [3.63, 3.8) is 0 Å². The molecule has 0 spiro atoms. The molecule has 1 aromatic heterocycles. The Hall–Kier alpha value is -1.38. The summed E-state index contributed by atoms with van der Waals surface area (Å²) in [5, 5.41) is 5.28. The van der Waals surface area contributed by atoms with E-state index < -0.39 is 19.7 Å². The van der Waals surface area contributed by atoms with Crippen molar-refractivity contribution in [2.24, 2.45) is 5.41 Å². The number of rotatable bonds is 5. The fourth-order valence-corrected chi connectivity index (χ4v) is 5.09. The molecule has 0 aliphatic rings. The Morgan fingerprint density at radius 1 is 1.00 bits per heavy atom. The number of anilines is 1. The highest BCUT2D eigenvalue weighted by atomic mass is 32.2. The summed E-state index contributed by atoms with van der Waals surface area (Å²) in [6.45, 7) is 6.19. The van der Waals surface area contributed by atoms with Crippen LogP contribution in [0, 0.1) is 5.41 Å². The lowest BCUT2D eigenvalue weighted by Crippen LogP contribution is -2.25. The van der Waals surface area contributed by atoms with Gasteiger partial charge in [0.05, 0.1) is 21.5 Å². The Balaban J connectivity index is 2.58. The lowest BCUT2D eigenvalue weighted by atomic mass is 9.85. The van der Waals surface area contributed by atoms with E-state index in [0.29, 0.717) is 5.69 Å². The molecule has 1 unspecified atom stereocenters. The van der Waals surface area contributed by atoms with Gasteiger partial charge in [0.2, 0.25) is 0 Å². The molecule has 0 radical (unpaired) electrons. The predicted molar refractivity (Wildman–Crippen MR) is 103 cm³/mol. The summed E-state index contributed by atoms with van der Waals surface area (Å²) in [6, 6.07) is 8.02. The molecule has 0 amide bonds. The van der Waals surface area contributed by atoms with Crippen LogP contribution in [0.25, 0.3) is 0 Å². The lowest BCUT2D eigenvalue weighted by molar-refractivity contribution is 0.351. The van der Waals surface area contributed by atoms with Crippen LogP contribution >= 0.6 is 11.3 Å². The number of nitrogens with one attached hydrogen (secondary N) is 1. The molecule has 1 aromatic carbocycles. The quantitative estimate of drug-likeness (QED) is 0.825. The molecule has 0 saturated carbocycles. The van der Waals surface area contributed by atoms with Gasteiger partial charge >= 0.3 is 0 Å². The Labute approximate surface area is 153 Å². The molecule has 2 rings (SSSR count). The van der Waals surface area contributed by atoms with Gasteiger partial charge in [0.25, 0.3) is 0 Å². The summed E-state index contributed by atoms with van der Waals surface area (Å²) in [5.74, 6) is 0. The minimum absolute atomic E-state index is 0.0121. The van der Waals surface area contributed by atoms with E-state index in [-0.39, 0.29) is 21.2 Å². The molecule has 0 bridgehead atoms. The van der Waals surface area contributed by atoms with Crippen molar-refractivity contribution in [1.82, 2.24) is 0 Å². The molecule has 1 N–H and O–H groups in total. The van der Waals surface area contributed by atoms with Gasteiger partial charge in [-0.25, -0.2) is 16.8 Å². The van der Waals surface area contributed by atoms with Crippen LogP contribution in [-0.2, 0) is 19.7 Å². The molecule has 1 heterocycles. The number of sulfone groups is 2. The maximum Gasteiger partial charge on any atom is 0.177 e. The second-order valence-corrected chi connectivity index (χ2v) is 12.1. The number of hydrogen-bond donors (Lipinski definition) is 1. The first-order valence-electron chi connectivity index (χ1n) is 7.64. The SMILES string of the molecule is CC(C)(C)C(Nc1ccc(S(C)(=O)=O)cc1S(C)(=O)=O)c1cccs1. The third kappa shape index (κ3) is 4.83. The highest BCUT2D eigenvalue weighted by molar-refractivity contribution is 7.91. The molecular weight excluding hydrogens is 378 g/mol. The van der Waals surface area contributed by atoms with Gasteiger partial charge in [-0.1, -0.05) is 26.8 Å². The average molecular weight is 402 g/mol. The van der Waals surface area contributed by atoms with E-state index in [1.807, 2.05) is 17.5 Å². The van der Waals surface area contributed by atoms with Gasteiger partial charge in [0.1, 0.15) is 0 Å². The van der Waals surface area contributed by atoms with Crippen molar-refractivity contribution in [3.8, 4) is 0 Å². The summed E-state index contributed by atoms with van der Waals surface area (Å²) < 4.78 is 48.0. The average Bonchev–Trinajstić information content (AvgIpc) is 2.94. The number of benzene rings is 1. The standard InChI is InChI=1S/C17H23NO4S3/c1-17(2,3)16(14-7-6-10-23-14)18-13-9-8-12(24(4,19)20)11-15(13)25(5,21)22/h6-11,16,18H,1-5H3. The first kappa shape index (κ1) is 19.9. The van der Waals surface area contributed by atoms with E-state index in [4.69, 9.17) is 0 Å². The molecule has 0 fully saturated rings. The lowest BCUT2D eigenvalue weighted by Gasteiger charge is -2.32. The van der Waals surface area contributed by atoms with Gasteiger partial charge in [0.15, 0.2) is 19.7 Å². The van der Waals surface area contributed by atoms with Gasteiger partial charge in [-0.05, 0) is 35.1 Å². The van der Waals surface area contributed by atoms with Gasteiger partial charge in [-0.2, -0.15) is 0 Å². The first-order chi connectivity index (χ1) is 11.3. The first-order valence-corrected chi connectivity index (χ1v) is 12.3. The molecule has 25 heavy (non-hydrogen) atoms. The zero-order valence-electron chi connectivity index (χ0n) is 14.9. The van der Waals surface area contributed by atoms with Crippen LogP contribution in [-0.4, -0.2) is 29.3 Å². The van der Waals surface area contributed by atoms with E-state index in [9.17, 15) is 16.8 Å². The topological polar surface area (TPSA) is 80.3 Å². The van der Waals surface area contributed by atoms with E-state index >= 15 is 0 Å². The second-order valence-electron chi connectivity index (χ2n) is 7.16. The Morgan fingerprint density at radius 3 is 2.08 bits per heavy atom. The van der Waals surface area contributed by atoms with E-state index in [1.165, 1.54) is 18.2 Å². The fourth-order valence-electron chi connectivity index (χ4n) is 2.48. The second kappa shape index (κ2) is 6.74. The minimum atomic E-state index is -3.60. The van der Waals surface area contributed by atoms with E-state index in [2.05, 4.69) is 26.1 Å².